The van der Waals surface area contributed by atoms with Crippen molar-refractivity contribution in [3.8, 4) is 5.75 Å². The lowest BCUT2D eigenvalue weighted by Crippen LogP contribution is -2.42. The number of aliphatic hydroxyl groups excluding tert-OH is 1. The van der Waals surface area contributed by atoms with Crippen LogP contribution in [0.2, 0.25) is 5.02 Å². The number of amides is 2. The fraction of sp³-hybridized carbons (Fsp3) is 0.481. The first-order valence-corrected chi connectivity index (χ1v) is 12.9. The molecule has 2 rings (SSSR count). The second-order valence-corrected chi connectivity index (χ2v) is 8.75. The predicted octanol–water partition coefficient (Wildman–Crippen LogP) is 4.00. The van der Waals surface area contributed by atoms with E-state index in [1.54, 1.807) is 25.2 Å². The highest BCUT2D eigenvalue weighted by molar-refractivity contribution is 6.30. The summed E-state index contributed by atoms with van der Waals surface area (Å²) in [5.74, 6) is -0.436. The number of rotatable bonds is 15. The van der Waals surface area contributed by atoms with E-state index in [0.29, 0.717) is 36.8 Å². The minimum absolute atomic E-state index is 0.0604. The summed E-state index contributed by atoms with van der Waals surface area (Å²) in [6.07, 6.45) is 1.94. The number of unbranched alkanes of at least 4 members (excludes halogenated alkanes) is 1. The molecule has 0 spiro atoms. The first-order chi connectivity index (χ1) is 18.7. The van der Waals surface area contributed by atoms with Crippen LogP contribution in [0.4, 0.5) is 13.6 Å². The fourth-order valence-electron chi connectivity index (χ4n) is 3.21. The van der Waals surface area contributed by atoms with Gasteiger partial charge in [0.25, 0.3) is 5.91 Å². The molecule has 218 valence electrons. The molecular weight excluding hydrogens is 536 g/mol. The number of alkyl carbamates (subject to hydrolysis) is 1. The summed E-state index contributed by atoms with van der Waals surface area (Å²) < 4.78 is 39.9. The van der Waals surface area contributed by atoms with Crippen molar-refractivity contribution in [1.29, 1.82) is 0 Å². The van der Waals surface area contributed by atoms with Gasteiger partial charge >= 0.3 is 12.7 Å². The van der Waals surface area contributed by atoms with Gasteiger partial charge in [-0.2, -0.15) is 8.78 Å². The summed E-state index contributed by atoms with van der Waals surface area (Å²) in [4.78, 5) is 22.8. The molecule has 2 aromatic rings. The third kappa shape index (κ3) is 15.3. The minimum atomic E-state index is -2.98. The molecule has 0 fully saturated rings. The smallest absolute Gasteiger partial charge is 0.406 e. The Labute approximate surface area is 233 Å². The van der Waals surface area contributed by atoms with Gasteiger partial charge in [-0.15, -0.1) is 0 Å². The van der Waals surface area contributed by atoms with Crippen molar-refractivity contribution in [2.24, 2.45) is 0 Å². The van der Waals surface area contributed by atoms with E-state index in [9.17, 15) is 18.4 Å². The van der Waals surface area contributed by atoms with Gasteiger partial charge in [-0.1, -0.05) is 37.1 Å². The van der Waals surface area contributed by atoms with E-state index in [-0.39, 0.29) is 36.4 Å². The summed E-state index contributed by atoms with van der Waals surface area (Å²) in [7, 11) is 3.06. The summed E-state index contributed by atoms with van der Waals surface area (Å²) in [6, 6.07) is 11.7. The summed E-state index contributed by atoms with van der Waals surface area (Å²) in [6.45, 7) is 0.762. The molecule has 9 nitrogen and oxygen atoms in total. The number of hydrogen-bond donors (Lipinski definition) is 4. The maximum absolute atomic E-state index is 12.8. The third-order valence-electron chi connectivity index (χ3n) is 5.20. The van der Waals surface area contributed by atoms with Crippen molar-refractivity contribution >= 4 is 23.6 Å². The quantitative estimate of drug-likeness (QED) is 0.238. The van der Waals surface area contributed by atoms with Crippen LogP contribution in [0.5, 0.6) is 5.75 Å². The van der Waals surface area contributed by atoms with Crippen LogP contribution in [0.15, 0.2) is 42.5 Å². The van der Waals surface area contributed by atoms with Gasteiger partial charge in [-0.05, 0) is 61.3 Å². The van der Waals surface area contributed by atoms with Crippen LogP contribution in [0.1, 0.15) is 41.3 Å². The van der Waals surface area contributed by atoms with Crippen LogP contribution in [0.3, 0.4) is 0 Å². The first kappa shape index (κ1) is 34.0. The van der Waals surface area contributed by atoms with Crippen molar-refractivity contribution in [1.82, 2.24) is 16.0 Å². The van der Waals surface area contributed by atoms with Gasteiger partial charge in [0, 0.05) is 36.3 Å². The number of benzene rings is 2. The summed E-state index contributed by atoms with van der Waals surface area (Å²) in [5.41, 5.74) is 1.81. The van der Waals surface area contributed by atoms with E-state index in [1.165, 1.54) is 19.2 Å². The molecule has 12 heteroatoms. The average molecular weight is 574 g/mol. The zero-order valence-corrected chi connectivity index (χ0v) is 23.2. The summed E-state index contributed by atoms with van der Waals surface area (Å²) in [5, 5.41) is 16.9. The van der Waals surface area contributed by atoms with E-state index in [2.05, 4.69) is 32.3 Å². The number of ether oxygens (including phenoxy) is 3. The molecule has 2 amide bonds. The Bertz CT molecular complexity index is 1000. The molecule has 0 saturated carbocycles. The van der Waals surface area contributed by atoms with Gasteiger partial charge in [0.1, 0.15) is 5.75 Å². The zero-order valence-electron chi connectivity index (χ0n) is 22.5. The molecule has 4 N–H and O–H groups in total. The molecular formula is C27H38ClF2N3O6. The number of halogens is 3. The Kier molecular flexibility index (Phi) is 17.4. The lowest BCUT2D eigenvalue weighted by Gasteiger charge is -2.17. The van der Waals surface area contributed by atoms with Crippen LogP contribution < -0.4 is 20.7 Å². The van der Waals surface area contributed by atoms with Crippen LogP contribution in [-0.4, -0.2) is 76.8 Å². The number of likely N-dealkylation sites (N-methyl/N-ethyl adjacent to an activating group) is 1. The van der Waals surface area contributed by atoms with Crippen molar-refractivity contribution in [3.63, 3.8) is 0 Å². The number of carbonyl (C=O) groups excluding carboxylic acids is 2. The highest BCUT2D eigenvalue weighted by atomic mass is 35.5. The largest absolute Gasteiger partial charge is 0.453 e. The van der Waals surface area contributed by atoms with Crippen molar-refractivity contribution in [3.05, 3.63) is 64.2 Å². The molecule has 39 heavy (non-hydrogen) atoms. The van der Waals surface area contributed by atoms with Gasteiger partial charge in [0.05, 0.1) is 20.3 Å². The van der Waals surface area contributed by atoms with E-state index in [1.807, 2.05) is 12.1 Å². The molecule has 2 aromatic carbocycles. The summed E-state index contributed by atoms with van der Waals surface area (Å²) >= 11 is 6.03. The second kappa shape index (κ2) is 20.0. The monoisotopic (exact) mass is 573 g/mol. The fourth-order valence-corrected chi connectivity index (χ4v) is 3.42. The van der Waals surface area contributed by atoms with Crippen molar-refractivity contribution in [2.45, 2.75) is 38.8 Å². The standard InChI is InChI=1S/C23H29ClF2N2O3.C4H9NO3/c1-3-4-8-30-15-20(27-2)14-28-22(29)18-10-17(12-21(13-18)31-23(25)26)9-16-6-5-7-19(24)11-16;1-8-4(7)5-2-3-6/h5-7,10-13,20,23,27H,3-4,8-9,14-15H2,1-2H3,(H,28,29);6H,2-3H2,1H3,(H,5,7). The Morgan fingerprint density at radius 3 is 2.49 bits per heavy atom. The number of alkyl halides is 2. The van der Waals surface area contributed by atoms with Crippen LogP contribution in [-0.2, 0) is 15.9 Å². The Morgan fingerprint density at radius 2 is 1.87 bits per heavy atom. The third-order valence-corrected chi connectivity index (χ3v) is 5.43. The lowest BCUT2D eigenvalue weighted by molar-refractivity contribution is -0.0499. The number of hydrogen-bond acceptors (Lipinski definition) is 7. The first-order valence-electron chi connectivity index (χ1n) is 12.5. The highest BCUT2D eigenvalue weighted by Crippen LogP contribution is 2.23. The Morgan fingerprint density at radius 1 is 1.10 bits per heavy atom. The van der Waals surface area contributed by atoms with E-state index < -0.39 is 12.7 Å². The van der Waals surface area contributed by atoms with E-state index in [4.69, 9.17) is 21.4 Å². The molecule has 1 atom stereocenters. The topological polar surface area (TPSA) is 118 Å². The number of aliphatic hydroxyl groups is 1. The van der Waals surface area contributed by atoms with Crippen LogP contribution in [0.25, 0.3) is 0 Å². The SMILES string of the molecule is CCCCOCC(CNC(=O)c1cc(Cc2cccc(Cl)c2)cc(OC(F)F)c1)NC.COC(=O)NCCO. The molecule has 0 radical (unpaired) electrons. The number of methoxy groups -OCH3 is 1. The van der Waals surface area contributed by atoms with E-state index in [0.717, 1.165) is 18.4 Å². The normalized spacial score (nSPS) is 11.3. The molecule has 0 aliphatic carbocycles. The van der Waals surface area contributed by atoms with Crippen LogP contribution in [0, 0.1) is 0 Å². The molecule has 0 aliphatic heterocycles. The second-order valence-electron chi connectivity index (χ2n) is 8.32. The average Bonchev–Trinajstić information content (AvgIpc) is 2.91. The molecule has 0 bridgehead atoms. The van der Waals surface area contributed by atoms with Gasteiger partial charge in [0.2, 0.25) is 0 Å². The Balaban J connectivity index is 0.000000824. The molecule has 0 aliphatic rings. The molecule has 0 saturated heterocycles. The lowest BCUT2D eigenvalue weighted by atomic mass is 10.0. The predicted molar refractivity (Wildman–Crippen MR) is 146 cm³/mol. The van der Waals surface area contributed by atoms with Crippen LogP contribution >= 0.6 is 11.6 Å². The van der Waals surface area contributed by atoms with Gasteiger partial charge in [-0.25, -0.2) is 4.79 Å². The van der Waals surface area contributed by atoms with Gasteiger partial charge < -0.3 is 35.3 Å². The number of carbonyl (C=O) groups is 2. The minimum Gasteiger partial charge on any atom is -0.453 e. The maximum Gasteiger partial charge on any atom is 0.406 e. The maximum atomic E-state index is 12.8. The number of nitrogens with one attached hydrogen (secondary N) is 3. The molecule has 0 aromatic heterocycles. The van der Waals surface area contributed by atoms with Crippen molar-refractivity contribution < 1.29 is 37.7 Å². The molecule has 1 unspecified atom stereocenters. The van der Waals surface area contributed by atoms with Crippen molar-refractivity contribution in [2.75, 3.05) is 47.1 Å². The Hall–Kier alpha value is -2.99. The molecule has 0 heterocycles. The van der Waals surface area contributed by atoms with Gasteiger partial charge in [0.15, 0.2) is 0 Å². The van der Waals surface area contributed by atoms with E-state index >= 15 is 0 Å². The highest BCUT2D eigenvalue weighted by Gasteiger charge is 2.15. The van der Waals surface area contributed by atoms with Gasteiger partial charge in [-0.3, -0.25) is 4.79 Å². The zero-order chi connectivity index (χ0) is 29.0.